The third-order valence-electron chi connectivity index (χ3n) is 4.80. The van der Waals surface area contributed by atoms with E-state index < -0.39 is 0 Å². The van der Waals surface area contributed by atoms with Gasteiger partial charge in [0.1, 0.15) is 0 Å². The van der Waals surface area contributed by atoms with Gasteiger partial charge < -0.3 is 25.4 Å². The predicted molar refractivity (Wildman–Crippen MR) is 105 cm³/mol. The first-order chi connectivity index (χ1) is 12.2. The smallest absolute Gasteiger partial charge is 0.174 e. The molecule has 0 saturated carbocycles. The molecule has 0 bridgehead atoms. The van der Waals surface area contributed by atoms with Crippen LogP contribution >= 0.6 is 0 Å². The summed E-state index contributed by atoms with van der Waals surface area (Å²) in [5.41, 5.74) is 10.4. The van der Waals surface area contributed by atoms with Crippen molar-refractivity contribution in [3.63, 3.8) is 0 Å². The maximum Gasteiger partial charge on any atom is 0.174 e. The number of ether oxygens (including phenoxy) is 2. The minimum Gasteiger partial charge on any atom is -0.396 e. The number of nitrogens with one attached hydrogen (secondary N) is 1. The first-order valence-corrected chi connectivity index (χ1v) is 9.29. The SMILES string of the molecule is Cc1cc(N2CC(C)(C)C2)cnc1/C(N)=C/NCC1OCC(C)(C)CO1. The van der Waals surface area contributed by atoms with Gasteiger partial charge in [-0.1, -0.05) is 27.7 Å². The molecule has 3 N–H and O–H groups in total. The number of hydrogen-bond acceptors (Lipinski definition) is 6. The molecular formula is C20H32N4O2. The van der Waals surface area contributed by atoms with Crippen LogP contribution in [0.2, 0.25) is 0 Å². The Balaban J connectivity index is 1.54. The monoisotopic (exact) mass is 360 g/mol. The van der Waals surface area contributed by atoms with Gasteiger partial charge in [0.05, 0.1) is 43.0 Å². The highest BCUT2D eigenvalue weighted by atomic mass is 16.7. The minimum absolute atomic E-state index is 0.0832. The van der Waals surface area contributed by atoms with Crippen molar-refractivity contribution in [2.24, 2.45) is 16.6 Å². The minimum atomic E-state index is -0.238. The first kappa shape index (κ1) is 19.0. The van der Waals surface area contributed by atoms with Crippen LogP contribution in [0.5, 0.6) is 0 Å². The van der Waals surface area contributed by atoms with Crippen LogP contribution in [0.3, 0.4) is 0 Å². The van der Waals surface area contributed by atoms with E-state index in [1.807, 2.05) is 13.1 Å². The maximum absolute atomic E-state index is 6.21. The van der Waals surface area contributed by atoms with Crippen LogP contribution in [0, 0.1) is 17.8 Å². The zero-order chi connectivity index (χ0) is 18.9. The van der Waals surface area contributed by atoms with Gasteiger partial charge in [0.2, 0.25) is 0 Å². The molecule has 3 heterocycles. The number of nitrogens with zero attached hydrogens (tertiary/aromatic N) is 2. The van der Waals surface area contributed by atoms with E-state index in [0.717, 1.165) is 30.0 Å². The van der Waals surface area contributed by atoms with Gasteiger partial charge >= 0.3 is 0 Å². The van der Waals surface area contributed by atoms with Crippen molar-refractivity contribution in [3.05, 3.63) is 29.7 Å². The fourth-order valence-electron chi connectivity index (χ4n) is 3.38. The van der Waals surface area contributed by atoms with Crippen molar-refractivity contribution in [2.45, 2.75) is 40.9 Å². The standard InChI is InChI=1S/C20H32N4O2/c1-14-6-15(24-10-19(2,3)11-24)7-23-18(14)16(21)8-22-9-17-25-12-20(4,5)13-26-17/h6-8,17,22H,9-13,21H2,1-5H3/b16-8-. The Morgan fingerprint density at radius 1 is 1.27 bits per heavy atom. The third-order valence-corrected chi connectivity index (χ3v) is 4.80. The number of rotatable bonds is 5. The number of pyridine rings is 1. The summed E-state index contributed by atoms with van der Waals surface area (Å²) in [7, 11) is 0. The van der Waals surface area contributed by atoms with Gasteiger partial charge in [-0.15, -0.1) is 0 Å². The van der Waals surface area contributed by atoms with Crippen molar-refractivity contribution in [1.29, 1.82) is 0 Å². The van der Waals surface area contributed by atoms with Crippen molar-refractivity contribution < 1.29 is 9.47 Å². The Bertz CT molecular complexity index is 666. The fraction of sp³-hybridized carbons (Fsp3) is 0.650. The molecule has 6 heteroatoms. The lowest BCUT2D eigenvalue weighted by Crippen LogP contribution is -2.53. The summed E-state index contributed by atoms with van der Waals surface area (Å²) < 4.78 is 11.4. The molecule has 0 spiro atoms. The van der Waals surface area contributed by atoms with E-state index in [1.165, 1.54) is 0 Å². The number of hydrogen-bond donors (Lipinski definition) is 2. The van der Waals surface area contributed by atoms with Crippen molar-refractivity contribution >= 4 is 11.4 Å². The molecule has 1 aromatic rings. The topological polar surface area (TPSA) is 72.6 Å². The second-order valence-electron chi connectivity index (χ2n) is 9.10. The second-order valence-corrected chi connectivity index (χ2v) is 9.10. The lowest BCUT2D eigenvalue weighted by atomic mass is 9.84. The Morgan fingerprint density at radius 3 is 2.50 bits per heavy atom. The summed E-state index contributed by atoms with van der Waals surface area (Å²) in [5, 5.41) is 3.19. The lowest BCUT2D eigenvalue weighted by molar-refractivity contribution is -0.217. The molecule has 2 aliphatic rings. The molecular weight excluding hydrogens is 328 g/mol. The largest absolute Gasteiger partial charge is 0.396 e. The molecule has 6 nitrogen and oxygen atoms in total. The number of aryl methyl sites for hydroxylation is 1. The van der Waals surface area contributed by atoms with Crippen LogP contribution < -0.4 is 16.0 Å². The number of aromatic nitrogens is 1. The Morgan fingerprint density at radius 2 is 1.92 bits per heavy atom. The van der Waals surface area contributed by atoms with Gasteiger partial charge in [-0.3, -0.25) is 4.98 Å². The highest BCUT2D eigenvalue weighted by Gasteiger charge is 2.34. The quantitative estimate of drug-likeness (QED) is 0.840. The summed E-state index contributed by atoms with van der Waals surface area (Å²) in [4.78, 5) is 6.92. The highest BCUT2D eigenvalue weighted by Crippen LogP contribution is 2.33. The van der Waals surface area contributed by atoms with E-state index >= 15 is 0 Å². The molecule has 0 amide bonds. The number of nitrogens with two attached hydrogens (primary N) is 1. The Labute approximate surface area is 156 Å². The Kier molecular flexibility index (Phi) is 5.17. The Hall–Kier alpha value is -1.79. The maximum atomic E-state index is 6.21. The zero-order valence-corrected chi connectivity index (χ0v) is 16.6. The van der Waals surface area contributed by atoms with Gasteiger partial charge in [0.15, 0.2) is 6.29 Å². The zero-order valence-electron chi connectivity index (χ0n) is 16.6. The molecule has 0 aliphatic carbocycles. The van der Waals surface area contributed by atoms with Crippen LogP contribution in [-0.4, -0.2) is 44.1 Å². The molecule has 2 aliphatic heterocycles. The van der Waals surface area contributed by atoms with Gasteiger partial charge in [0, 0.05) is 24.7 Å². The molecule has 144 valence electrons. The first-order valence-electron chi connectivity index (χ1n) is 9.29. The van der Waals surface area contributed by atoms with Gasteiger partial charge in [-0.2, -0.15) is 0 Å². The molecule has 3 rings (SSSR count). The molecule has 2 saturated heterocycles. The lowest BCUT2D eigenvalue weighted by Gasteiger charge is -2.47. The summed E-state index contributed by atoms with van der Waals surface area (Å²) in [6.07, 6.45) is 3.46. The van der Waals surface area contributed by atoms with E-state index in [4.69, 9.17) is 15.2 Å². The number of anilines is 1. The molecule has 26 heavy (non-hydrogen) atoms. The predicted octanol–water partition coefficient (Wildman–Crippen LogP) is 2.48. The third kappa shape index (κ3) is 4.48. The van der Waals surface area contributed by atoms with Crippen LogP contribution in [0.1, 0.15) is 39.0 Å². The molecule has 2 fully saturated rings. The van der Waals surface area contributed by atoms with Crippen molar-refractivity contribution in [1.82, 2.24) is 10.3 Å². The van der Waals surface area contributed by atoms with E-state index in [1.54, 1.807) is 6.20 Å². The summed E-state index contributed by atoms with van der Waals surface area (Å²) in [5.74, 6) is 0. The normalized spacial score (nSPS) is 22.8. The van der Waals surface area contributed by atoms with Crippen molar-refractivity contribution in [2.75, 3.05) is 37.7 Å². The van der Waals surface area contributed by atoms with Crippen LogP contribution in [-0.2, 0) is 9.47 Å². The van der Waals surface area contributed by atoms with E-state index in [-0.39, 0.29) is 11.7 Å². The van der Waals surface area contributed by atoms with Crippen LogP contribution in [0.25, 0.3) is 5.70 Å². The fourth-order valence-corrected chi connectivity index (χ4v) is 3.38. The second kappa shape index (κ2) is 7.08. The van der Waals surface area contributed by atoms with Gasteiger partial charge in [0.25, 0.3) is 0 Å². The van der Waals surface area contributed by atoms with E-state index in [9.17, 15) is 0 Å². The molecule has 0 aromatic carbocycles. The summed E-state index contributed by atoms with van der Waals surface area (Å²) >= 11 is 0. The molecule has 1 aromatic heterocycles. The van der Waals surface area contributed by atoms with Crippen molar-refractivity contribution in [3.8, 4) is 0 Å². The van der Waals surface area contributed by atoms with Crippen LogP contribution in [0.4, 0.5) is 5.69 Å². The van der Waals surface area contributed by atoms with E-state index in [0.29, 0.717) is 30.9 Å². The average molecular weight is 361 g/mol. The molecule has 0 atom stereocenters. The van der Waals surface area contributed by atoms with Gasteiger partial charge in [-0.05, 0) is 24.0 Å². The van der Waals surface area contributed by atoms with Gasteiger partial charge in [-0.25, -0.2) is 0 Å². The van der Waals surface area contributed by atoms with E-state index in [2.05, 4.69) is 49.0 Å². The summed E-state index contributed by atoms with van der Waals surface area (Å²) in [6.45, 7) is 15.0. The molecule has 0 radical (unpaired) electrons. The average Bonchev–Trinajstić information content (AvgIpc) is 2.54. The summed E-state index contributed by atoms with van der Waals surface area (Å²) in [6, 6.07) is 2.16. The van der Waals surface area contributed by atoms with Crippen LogP contribution in [0.15, 0.2) is 18.5 Å². The molecule has 0 unspecified atom stereocenters. The highest BCUT2D eigenvalue weighted by molar-refractivity contribution is 5.64.